The summed E-state index contributed by atoms with van der Waals surface area (Å²) < 4.78 is 9.59. The Balaban J connectivity index is 3.05. The second-order valence-electron chi connectivity index (χ2n) is 5.03. The van der Waals surface area contributed by atoms with Gasteiger partial charge in [0.25, 0.3) is 5.91 Å². The van der Waals surface area contributed by atoms with Gasteiger partial charge in [0.2, 0.25) is 0 Å². The first-order chi connectivity index (χ1) is 12.4. The predicted molar refractivity (Wildman–Crippen MR) is 91.5 cm³/mol. The number of ether oxygens (including phenoxy) is 2. The molecule has 0 aliphatic carbocycles. The first-order valence-corrected chi connectivity index (χ1v) is 7.92. The summed E-state index contributed by atoms with van der Waals surface area (Å²) in [5.41, 5.74) is 0.226. The number of amides is 1. The number of phenolic OH excluding ortho intramolecular Hbond substituents is 1. The number of nitriles is 1. The Morgan fingerprint density at radius 2 is 1.58 bits per heavy atom. The van der Waals surface area contributed by atoms with Gasteiger partial charge in [0, 0.05) is 0 Å². The van der Waals surface area contributed by atoms with Gasteiger partial charge < -0.3 is 19.5 Å². The second kappa shape index (κ2) is 10.5. The summed E-state index contributed by atoms with van der Waals surface area (Å²) in [7, 11) is 0. The molecule has 0 saturated carbocycles. The van der Waals surface area contributed by atoms with E-state index in [1.807, 2.05) is 0 Å². The summed E-state index contributed by atoms with van der Waals surface area (Å²) in [5.74, 6) is -2.17. The standard InChI is InChI=1S/C18H20N2O6/c1-3-25-16(22)11-20(12-17(23)26-4-2)18(24)14(10-19)9-13-5-7-15(21)8-6-13/h5-9,21H,3-4,11-12H2,1-2H3. The van der Waals surface area contributed by atoms with Crippen molar-refractivity contribution < 1.29 is 29.0 Å². The minimum Gasteiger partial charge on any atom is -0.508 e. The summed E-state index contributed by atoms with van der Waals surface area (Å²) in [4.78, 5) is 36.9. The quantitative estimate of drug-likeness (QED) is 0.421. The van der Waals surface area contributed by atoms with E-state index in [1.54, 1.807) is 19.9 Å². The van der Waals surface area contributed by atoms with Crippen LogP contribution in [0.15, 0.2) is 29.8 Å². The lowest BCUT2D eigenvalue weighted by molar-refractivity contribution is -0.152. The fourth-order valence-corrected chi connectivity index (χ4v) is 1.97. The van der Waals surface area contributed by atoms with E-state index in [0.717, 1.165) is 4.90 Å². The summed E-state index contributed by atoms with van der Waals surface area (Å²) >= 11 is 0. The molecule has 138 valence electrons. The molecule has 1 amide bonds. The Bertz CT molecular complexity index is 698. The molecule has 8 nitrogen and oxygen atoms in total. The third-order valence-electron chi connectivity index (χ3n) is 3.09. The second-order valence-corrected chi connectivity index (χ2v) is 5.03. The highest BCUT2D eigenvalue weighted by Crippen LogP contribution is 2.14. The summed E-state index contributed by atoms with van der Waals surface area (Å²) in [6.45, 7) is 2.49. The Morgan fingerprint density at radius 1 is 1.08 bits per heavy atom. The van der Waals surface area contributed by atoms with E-state index in [-0.39, 0.29) is 24.5 Å². The number of carbonyl (C=O) groups excluding carboxylic acids is 3. The molecule has 0 radical (unpaired) electrons. The van der Waals surface area contributed by atoms with Gasteiger partial charge in [0.15, 0.2) is 0 Å². The Hall–Kier alpha value is -3.34. The van der Waals surface area contributed by atoms with Gasteiger partial charge >= 0.3 is 11.9 Å². The van der Waals surface area contributed by atoms with Gasteiger partial charge in [-0.1, -0.05) is 12.1 Å². The Labute approximate surface area is 151 Å². The van der Waals surface area contributed by atoms with Crippen molar-refractivity contribution in [2.45, 2.75) is 13.8 Å². The van der Waals surface area contributed by atoms with Crippen molar-refractivity contribution in [3.05, 3.63) is 35.4 Å². The zero-order valence-electron chi connectivity index (χ0n) is 14.6. The van der Waals surface area contributed by atoms with Crippen molar-refractivity contribution in [3.8, 4) is 11.8 Å². The third kappa shape index (κ3) is 6.65. The van der Waals surface area contributed by atoms with Crippen LogP contribution in [-0.2, 0) is 23.9 Å². The molecule has 0 saturated heterocycles. The normalized spacial score (nSPS) is 10.6. The number of aromatic hydroxyl groups is 1. The molecular weight excluding hydrogens is 340 g/mol. The lowest BCUT2D eigenvalue weighted by Gasteiger charge is -2.20. The monoisotopic (exact) mass is 360 g/mol. The minimum atomic E-state index is -0.804. The van der Waals surface area contributed by atoms with Gasteiger partial charge in [-0.3, -0.25) is 14.4 Å². The van der Waals surface area contributed by atoms with Gasteiger partial charge in [-0.15, -0.1) is 0 Å². The number of phenols is 1. The molecule has 1 N–H and O–H groups in total. The molecule has 0 fully saturated rings. The van der Waals surface area contributed by atoms with Crippen LogP contribution in [0.4, 0.5) is 0 Å². The van der Waals surface area contributed by atoms with Gasteiger partial charge in [0.05, 0.1) is 13.2 Å². The number of nitrogens with zero attached hydrogens (tertiary/aromatic N) is 2. The van der Waals surface area contributed by atoms with Gasteiger partial charge in [-0.25, -0.2) is 0 Å². The maximum atomic E-state index is 12.6. The fourth-order valence-electron chi connectivity index (χ4n) is 1.97. The molecule has 0 heterocycles. The molecular formula is C18H20N2O6. The topological polar surface area (TPSA) is 117 Å². The number of carbonyl (C=O) groups is 3. The highest BCUT2D eigenvalue weighted by atomic mass is 16.5. The third-order valence-corrected chi connectivity index (χ3v) is 3.09. The van der Waals surface area contributed by atoms with Crippen LogP contribution in [-0.4, -0.2) is 54.2 Å². The van der Waals surface area contributed by atoms with E-state index in [1.165, 1.54) is 30.3 Å². The lowest BCUT2D eigenvalue weighted by atomic mass is 10.1. The molecule has 26 heavy (non-hydrogen) atoms. The molecule has 0 atom stereocenters. The first kappa shape index (κ1) is 20.7. The van der Waals surface area contributed by atoms with Crippen LogP contribution in [0.1, 0.15) is 19.4 Å². The summed E-state index contributed by atoms with van der Waals surface area (Å²) in [6.07, 6.45) is 1.30. The molecule has 1 rings (SSSR count). The smallest absolute Gasteiger partial charge is 0.325 e. The highest BCUT2D eigenvalue weighted by molar-refractivity contribution is 6.03. The van der Waals surface area contributed by atoms with E-state index in [4.69, 9.17) is 9.47 Å². The van der Waals surface area contributed by atoms with Crippen molar-refractivity contribution in [2.24, 2.45) is 0 Å². The van der Waals surface area contributed by atoms with Crippen molar-refractivity contribution in [2.75, 3.05) is 26.3 Å². The molecule has 0 aliphatic heterocycles. The molecule has 1 aromatic carbocycles. The van der Waals surface area contributed by atoms with Crippen molar-refractivity contribution in [1.82, 2.24) is 4.90 Å². The van der Waals surface area contributed by atoms with Crippen LogP contribution in [0.3, 0.4) is 0 Å². The van der Waals surface area contributed by atoms with Gasteiger partial charge in [0.1, 0.15) is 30.5 Å². The Kier molecular flexibility index (Phi) is 8.37. The van der Waals surface area contributed by atoms with Gasteiger partial charge in [-0.2, -0.15) is 5.26 Å². The van der Waals surface area contributed by atoms with Gasteiger partial charge in [-0.05, 0) is 37.6 Å². The molecule has 0 spiro atoms. The minimum absolute atomic E-state index is 0.0400. The molecule has 0 aromatic heterocycles. The van der Waals surface area contributed by atoms with Crippen LogP contribution in [0.2, 0.25) is 0 Å². The Morgan fingerprint density at radius 3 is 2.00 bits per heavy atom. The largest absolute Gasteiger partial charge is 0.508 e. The van der Waals surface area contributed by atoms with E-state index in [9.17, 15) is 24.8 Å². The molecule has 0 unspecified atom stereocenters. The van der Waals surface area contributed by atoms with Crippen molar-refractivity contribution in [1.29, 1.82) is 5.26 Å². The molecule has 8 heteroatoms. The number of esters is 2. The van der Waals surface area contributed by atoms with Crippen LogP contribution >= 0.6 is 0 Å². The maximum Gasteiger partial charge on any atom is 0.325 e. The summed E-state index contributed by atoms with van der Waals surface area (Å²) in [6, 6.07) is 7.59. The van der Waals surface area contributed by atoms with Crippen LogP contribution in [0.25, 0.3) is 6.08 Å². The average molecular weight is 360 g/mol. The SMILES string of the molecule is CCOC(=O)CN(CC(=O)OCC)C(=O)C(C#N)=Cc1ccc(O)cc1. The molecule has 0 bridgehead atoms. The highest BCUT2D eigenvalue weighted by Gasteiger charge is 2.24. The zero-order valence-corrected chi connectivity index (χ0v) is 14.6. The number of rotatable bonds is 8. The predicted octanol–water partition coefficient (Wildman–Crippen LogP) is 1.25. The number of hydrogen-bond donors (Lipinski definition) is 1. The maximum absolute atomic E-state index is 12.6. The zero-order chi connectivity index (χ0) is 19.5. The van der Waals surface area contributed by atoms with E-state index >= 15 is 0 Å². The molecule has 0 aliphatic rings. The van der Waals surface area contributed by atoms with E-state index in [2.05, 4.69) is 0 Å². The first-order valence-electron chi connectivity index (χ1n) is 7.92. The molecule has 1 aromatic rings. The van der Waals surface area contributed by atoms with Crippen LogP contribution < -0.4 is 0 Å². The number of hydrogen-bond acceptors (Lipinski definition) is 7. The van der Waals surface area contributed by atoms with Crippen molar-refractivity contribution in [3.63, 3.8) is 0 Å². The van der Waals surface area contributed by atoms with Crippen LogP contribution in [0, 0.1) is 11.3 Å². The lowest BCUT2D eigenvalue weighted by Crippen LogP contribution is -2.41. The number of benzene rings is 1. The van der Waals surface area contributed by atoms with Crippen LogP contribution in [0.5, 0.6) is 5.75 Å². The van der Waals surface area contributed by atoms with E-state index in [0.29, 0.717) is 5.56 Å². The fraction of sp³-hybridized carbons (Fsp3) is 0.333. The van der Waals surface area contributed by atoms with E-state index < -0.39 is 30.9 Å². The average Bonchev–Trinajstić information content (AvgIpc) is 2.60. The summed E-state index contributed by atoms with van der Waals surface area (Å²) in [5, 5.41) is 18.6. The van der Waals surface area contributed by atoms with Crippen molar-refractivity contribution >= 4 is 23.9 Å².